The summed E-state index contributed by atoms with van der Waals surface area (Å²) < 4.78 is 7.40. The van der Waals surface area contributed by atoms with Gasteiger partial charge in [-0.25, -0.2) is 0 Å². The summed E-state index contributed by atoms with van der Waals surface area (Å²) in [5, 5.41) is 11.5. The van der Waals surface area contributed by atoms with Crippen LogP contribution in [-0.4, -0.2) is 59.1 Å². The fourth-order valence-corrected chi connectivity index (χ4v) is 2.94. The van der Waals surface area contributed by atoms with E-state index in [1.54, 1.807) is 22.8 Å². The minimum Gasteiger partial charge on any atom is -0.492 e. The van der Waals surface area contributed by atoms with Gasteiger partial charge in [0.05, 0.1) is 12.7 Å². The Morgan fingerprint density at radius 2 is 2.24 bits per heavy atom. The van der Waals surface area contributed by atoms with E-state index >= 15 is 0 Å². The monoisotopic (exact) mass is 343 g/mol. The molecule has 1 amide bonds. The largest absolute Gasteiger partial charge is 0.492 e. The fourth-order valence-electron chi connectivity index (χ4n) is 2.94. The number of amides is 1. The van der Waals surface area contributed by atoms with Crippen LogP contribution in [0.5, 0.6) is 5.75 Å². The van der Waals surface area contributed by atoms with Crippen molar-refractivity contribution >= 4 is 5.91 Å². The normalized spacial score (nSPS) is 17.2. The molecule has 7 heteroatoms. The number of piperidine rings is 1. The number of ether oxygens (including phenoxy) is 1. The zero-order valence-electron chi connectivity index (χ0n) is 14.6. The molecule has 0 aliphatic carbocycles. The number of hydrogen-bond acceptors (Lipinski definition) is 5. The van der Waals surface area contributed by atoms with E-state index in [1.165, 1.54) is 12.8 Å². The minimum atomic E-state index is -0.135. The predicted octanol–water partition coefficient (Wildman–Crippen LogP) is 1.43. The lowest BCUT2D eigenvalue weighted by atomic mass is 10.00. The molecular weight excluding hydrogens is 318 g/mol. The number of carbonyl (C=O) groups is 1. The quantitative estimate of drug-likeness (QED) is 0.823. The third kappa shape index (κ3) is 5.03. The maximum Gasteiger partial charge on any atom is 0.275 e. The van der Waals surface area contributed by atoms with Crippen LogP contribution in [-0.2, 0) is 6.54 Å². The molecule has 1 aromatic heterocycles. The molecule has 1 aliphatic heterocycles. The van der Waals surface area contributed by atoms with Crippen molar-refractivity contribution in [3.05, 3.63) is 42.2 Å². The van der Waals surface area contributed by atoms with Gasteiger partial charge in [0.15, 0.2) is 5.69 Å². The van der Waals surface area contributed by atoms with E-state index in [2.05, 4.69) is 15.6 Å². The Labute approximate surface area is 148 Å². The SMILES string of the molecule is CN(CCOc1ccccc1)C(=O)c1cn(CC2CCCNC2)nn1. The van der Waals surface area contributed by atoms with Gasteiger partial charge in [0.2, 0.25) is 0 Å². The number of carbonyl (C=O) groups excluding carboxylic acids is 1. The van der Waals surface area contributed by atoms with Crippen molar-refractivity contribution < 1.29 is 9.53 Å². The summed E-state index contributed by atoms with van der Waals surface area (Å²) in [6.07, 6.45) is 4.12. The Balaban J connectivity index is 1.46. The number of aromatic nitrogens is 3. The van der Waals surface area contributed by atoms with Crippen LogP contribution < -0.4 is 10.1 Å². The lowest BCUT2D eigenvalue weighted by Crippen LogP contribution is -2.32. The van der Waals surface area contributed by atoms with Crippen molar-refractivity contribution in [1.29, 1.82) is 0 Å². The third-order valence-electron chi connectivity index (χ3n) is 4.39. The summed E-state index contributed by atoms with van der Waals surface area (Å²) in [6.45, 7) is 3.82. The van der Waals surface area contributed by atoms with E-state index in [1.807, 2.05) is 30.3 Å². The highest BCUT2D eigenvalue weighted by molar-refractivity contribution is 5.91. The van der Waals surface area contributed by atoms with Crippen molar-refractivity contribution in [2.24, 2.45) is 5.92 Å². The molecule has 1 unspecified atom stereocenters. The highest BCUT2D eigenvalue weighted by atomic mass is 16.5. The molecule has 2 heterocycles. The molecule has 1 N–H and O–H groups in total. The van der Waals surface area contributed by atoms with E-state index in [0.29, 0.717) is 24.8 Å². The smallest absolute Gasteiger partial charge is 0.275 e. The lowest BCUT2D eigenvalue weighted by molar-refractivity contribution is 0.0768. The molecule has 25 heavy (non-hydrogen) atoms. The number of nitrogens with zero attached hydrogens (tertiary/aromatic N) is 4. The summed E-state index contributed by atoms with van der Waals surface area (Å²) in [4.78, 5) is 14.0. The Kier molecular flexibility index (Phi) is 6.00. The average Bonchev–Trinajstić information content (AvgIpc) is 3.11. The molecule has 0 bridgehead atoms. The Morgan fingerprint density at radius 3 is 3.00 bits per heavy atom. The average molecular weight is 343 g/mol. The van der Waals surface area contributed by atoms with Gasteiger partial charge in [0.25, 0.3) is 5.91 Å². The fraction of sp³-hybridized carbons (Fsp3) is 0.500. The molecule has 2 aromatic rings. The molecule has 0 radical (unpaired) electrons. The lowest BCUT2D eigenvalue weighted by Gasteiger charge is -2.22. The highest BCUT2D eigenvalue weighted by Crippen LogP contribution is 2.12. The van der Waals surface area contributed by atoms with Gasteiger partial charge in [-0.15, -0.1) is 5.10 Å². The molecule has 1 fully saturated rings. The first-order valence-electron chi connectivity index (χ1n) is 8.76. The van der Waals surface area contributed by atoms with Crippen LogP contribution >= 0.6 is 0 Å². The second-order valence-electron chi connectivity index (χ2n) is 6.43. The first-order chi connectivity index (χ1) is 12.2. The molecule has 1 aliphatic rings. The zero-order chi connectivity index (χ0) is 17.5. The number of likely N-dealkylation sites (N-methyl/N-ethyl adjacent to an activating group) is 1. The summed E-state index contributed by atoms with van der Waals surface area (Å²) in [7, 11) is 1.75. The second-order valence-corrected chi connectivity index (χ2v) is 6.43. The van der Waals surface area contributed by atoms with Gasteiger partial charge in [0.1, 0.15) is 12.4 Å². The topological polar surface area (TPSA) is 72.3 Å². The molecule has 1 atom stereocenters. The molecule has 0 saturated carbocycles. The first-order valence-corrected chi connectivity index (χ1v) is 8.76. The van der Waals surface area contributed by atoms with Gasteiger partial charge in [-0.1, -0.05) is 23.4 Å². The summed E-state index contributed by atoms with van der Waals surface area (Å²) in [5.41, 5.74) is 0.381. The summed E-state index contributed by atoms with van der Waals surface area (Å²) >= 11 is 0. The zero-order valence-corrected chi connectivity index (χ0v) is 14.6. The van der Waals surface area contributed by atoms with Crippen molar-refractivity contribution in [3.63, 3.8) is 0 Å². The molecule has 1 aromatic carbocycles. The van der Waals surface area contributed by atoms with E-state index in [4.69, 9.17) is 4.74 Å². The molecule has 134 valence electrons. The summed E-state index contributed by atoms with van der Waals surface area (Å²) in [6, 6.07) is 9.57. The molecular formula is C18H25N5O2. The van der Waals surface area contributed by atoms with Gasteiger partial charge < -0.3 is 15.0 Å². The van der Waals surface area contributed by atoms with Crippen LogP contribution in [0.4, 0.5) is 0 Å². The number of para-hydroxylation sites is 1. The van der Waals surface area contributed by atoms with Crippen LogP contribution in [0, 0.1) is 5.92 Å². The van der Waals surface area contributed by atoms with Crippen LogP contribution in [0.15, 0.2) is 36.5 Å². The van der Waals surface area contributed by atoms with E-state index in [9.17, 15) is 4.79 Å². The maximum absolute atomic E-state index is 12.4. The Bertz CT molecular complexity index is 667. The summed E-state index contributed by atoms with van der Waals surface area (Å²) in [5.74, 6) is 1.22. The van der Waals surface area contributed by atoms with Crippen molar-refractivity contribution in [1.82, 2.24) is 25.2 Å². The molecule has 7 nitrogen and oxygen atoms in total. The number of hydrogen-bond donors (Lipinski definition) is 1. The number of nitrogens with one attached hydrogen (secondary N) is 1. The molecule has 0 spiro atoms. The van der Waals surface area contributed by atoms with E-state index < -0.39 is 0 Å². The second kappa shape index (κ2) is 8.62. The van der Waals surface area contributed by atoms with Crippen LogP contribution in [0.2, 0.25) is 0 Å². The van der Waals surface area contributed by atoms with Gasteiger partial charge in [0, 0.05) is 13.6 Å². The van der Waals surface area contributed by atoms with Gasteiger partial charge in [-0.3, -0.25) is 9.48 Å². The first kappa shape index (κ1) is 17.4. The van der Waals surface area contributed by atoms with Gasteiger partial charge in [-0.05, 0) is 44.0 Å². The Morgan fingerprint density at radius 1 is 1.40 bits per heavy atom. The van der Waals surface area contributed by atoms with Crippen LogP contribution in [0.1, 0.15) is 23.3 Å². The molecule has 3 rings (SSSR count). The van der Waals surface area contributed by atoms with Crippen molar-refractivity contribution in [2.75, 3.05) is 33.3 Å². The standard InChI is InChI=1S/C18H25N5O2/c1-22(10-11-25-16-7-3-2-4-8-16)18(24)17-14-23(21-20-17)13-15-6-5-9-19-12-15/h2-4,7-8,14-15,19H,5-6,9-13H2,1H3. The number of rotatable bonds is 7. The van der Waals surface area contributed by atoms with Crippen molar-refractivity contribution in [3.8, 4) is 5.75 Å². The minimum absolute atomic E-state index is 0.135. The van der Waals surface area contributed by atoms with E-state index in [0.717, 1.165) is 25.4 Å². The van der Waals surface area contributed by atoms with Crippen LogP contribution in [0.3, 0.4) is 0 Å². The van der Waals surface area contributed by atoms with E-state index in [-0.39, 0.29) is 5.91 Å². The van der Waals surface area contributed by atoms with Crippen LogP contribution in [0.25, 0.3) is 0 Å². The third-order valence-corrected chi connectivity index (χ3v) is 4.39. The Hall–Kier alpha value is -2.41. The van der Waals surface area contributed by atoms with Gasteiger partial charge >= 0.3 is 0 Å². The number of benzene rings is 1. The predicted molar refractivity (Wildman–Crippen MR) is 94.5 cm³/mol. The van der Waals surface area contributed by atoms with Gasteiger partial charge in [-0.2, -0.15) is 0 Å². The van der Waals surface area contributed by atoms with Crippen molar-refractivity contribution in [2.45, 2.75) is 19.4 Å². The maximum atomic E-state index is 12.4. The highest BCUT2D eigenvalue weighted by Gasteiger charge is 2.18. The molecule has 1 saturated heterocycles.